The van der Waals surface area contributed by atoms with Gasteiger partial charge in [-0.2, -0.15) is 0 Å². The number of hydrogen-bond donors (Lipinski definition) is 1. The molecule has 2 rings (SSSR count). The fraction of sp³-hybridized carbons (Fsp3) is 0.316. The lowest BCUT2D eigenvalue weighted by atomic mass is 9.95. The van der Waals surface area contributed by atoms with Crippen molar-refractivity contribution in [2.75, 3.05) is 0 Å². The molecule has 2 aromatic rings. The number of carboxylic acid groups (broad SMARTS) is 1. The largest absolute Gasteiger partial charge is 0.478 e. The van der Waals surface area contributed by atoms with E-state index in [2.05, 4.69) is 12.1 Å². The van der Waals surface area contributed by atoms with Crippen LogP contribution in [0.3, 0.4) is 0 Å². The van der Waals surface area contributed by atoms with Gasteiger partial charge in [-0.1, -0.05) is 35.9 Å². The van der Waals surface area contributed by atoms with Gasteiger partial charge in [0.15, 0.2) is 6.10 Å². The summed E-state index contributed by atoms with van der Waals surface area (Å²) in [5.74, 6) is -0.319. The van der Waals surface area contributed by atoms with Crippen molar-refractivity contribution in [3.63, 3.8) is 0 Å². The van der Waals surface area contributed by atoms with Gasteiger partial charge in [-0.05, 0) is 56.0 Å². The van der Waals surface area contributed by atoms with Crippen molar-refractivity contribution in [2.45, 2.75) is 40.2 Å². The molecule has 0 aliphatic rings. The number of ether oxygens (including phenoxy) is 1. The van der Waals surface area contributed by atoms with E-state index in [1.54, 1.807) is 6.07 Å². The second-order valence-electron chi connectivity index (χ2n) is 5.79. The maximum Gasteiger partial charge on any atom is 0.345 e. The number of carbonyl (C=O) groups is 1. The lowest BCUT2D eigenvalue weighted by Crippen LogP contribution is -2.30. The minimum atomic E-state index is -0.942. The van der Waals surface area contributed by atoms with Crippen molar-refractivity contribution < 1.29 is 14.6 Å². The van der Waals surface area contributed by atoms with E-state index in [0.29, 0.717) is 12.2 Å². The van der Waals surface area contributed by atoms with Gasteiger partial charge >= 0.3 is 5.97 Å². The molecule has 116 valence electrons. The number of benzene rings is 2. The van der Waals surface area contributed by atoms with Crippen molar-refractivity contribution >= 4 is 5.97 Å². The van der Waals surface area contributed by atoms with E-state index in [1.807, 2.05) is 45.9 Å². The second-order valence-corrected chi connectivity index (χ2v) is 5.79. The molecule has 22 heavy (non-hydrogen) atoms. The van der Waals surface area contributed by atoms with Gasteiger partial charge in [0.2, 0.25) is 0 Å². The van der Waals surface area contributed by atoms with Crippen LogP contribution >= 0.6 is 0 Å². The Hall–Kier alpha value is -2.29. The Labute approximate surface area is 131 Å². The van der Waals surface area contributed by atoms with E-state index < -0.39 is 12.1 Å². The summed E-state index contributed by atoms with van der Waals surface area (Å²) < 4.78 is 5.75. The van der Waals surface area contributed by atoms with Gasteiger partial charge in [-0.15, -0.1) is 0 Å². The van der Waals surface area contributed by atoms with Crippen molar-refractivity contribution in [3.05, 3.63) is 64.2 Å². The zero-order chi connectivity index (χ0) is 16.3. The van der Waals surface area contributed by atoms with Crippen molar-refractivity contribution in [2.24, 2.45) is 0 Å². The molecule has 0 heterocycles. The molecule has 1 atom stereocenters. The number of hydrogen-bond acceptors (Lipinski definition) is 2. The Morgan fingerprint density at radius 1 is 1.05 bits per heavy atom. The van der Waals surface area contributed by atoms with Gasteiger partial charge in [0, 0.05) is 6.42 Å². The Balaban J connectivity index is 2.27. The summed E-state index contributed by atoms with van der Waals surface area (Å²) in [6, 6.07) is 11.6. The standard InChI is InChI=1S/C19H22O3/c1-12-9-14(3)16(15(4)10-12)11-18(19(20)21)22-17-8-6-5-7-13(17)2/h5-10,18H,11H2,1-4H3,(H,20,21)/t18-/m1/s1. The molecule has 0 aliphatic carbocycles. The minimum absolute atomic E-state index is 0.363. The molecule has 2 aromatic carbocycles. The normalized spacial score (nSPS) is 12.0. The number of aryl methyl sites for hydroxylation is 4. The van der Waals surface area contributed by atoms with Crippen LogP contribution in [0.15, 0.2) is 36.4 Å². The van der Waals surface area contributed by atoms with Crippen LogP contribution in [0.4, 0.5) is 0 Å². The summed E-state index contributed by atoms with van der Waals surface area (Å²) in [5, 5.41) is 9.50. The van der Waals surface area contributed by atoms with Gasteiger partial charge in [-0.3, -0.25) is 0 Å². The molecule has 3 nitrogen and oxygen atoms in total. The van der Waals surface area contributed by atoms with Crippen molar-refractivity contribution in [3.8, 4) is 5.75 Å². The van der Waals surface area contributed by atoms with E-state index in [-0.39, 0.29) is 0 Å². The number of rotatable bonds is 5. The lowest BCUT2D eigenvalue weighted by Gasteiger charge is -2.19. The number of aliphatic carboxylic acids is 1. The molecule has 1 N–H and O–H groups in total. The van der Waals surface area contributed by atoms with Crippen LogP contribution in [0.1, 0.15) is 27.8 Å². The van der Waals surface area contributed by atoms with Crippen LogP contribution < -0.4 is 4.74 Å². The molecular weight excluding hydrogens is 276 g/mol. The first kappa shape index (κ1) is 16.1. The maximum atomic E-state index is 11.6. The summed E-state index contributed by atoms with van der Waals surface area (Å²) in [4.78, 5) is 11.6. The molecule has 0 radical (unpaired) electrons. The first-order valence-electron chi connectivity index (χ1n) is 7.40. The predicted octanol–water partition coefficient (Wildman–Crippen LogP) is 3.99. The van der Waals surface area contributed by atoms with E-state index in [4.69, 9.17) is 4.74 Å². The molecule has 3 heteroatoms. The highest BCUT2D eigenvalue weighted by Gasteiger charge is 2.22. The quantitative estimate of drug-likeness (QED) is 0.907. The molecule has 0 aliphatic heterocycles. The van der Waals surface area contributed by atoms with E-state index in [0.717, 1.165) is 22.3 Å². The van der Waals surface area contributed by atoms with E-state index in [1.165, 1.54) is 5.56 Å². The summed E-state index contributed by atoms with van der Waals surface area (Å²) in [6.07, 6.45) is -0.525. The van der Waals surface area contributed by atoms with Gasteiger partial charge in [0.1, 0.15) is 5.75 Å². The average molecular weight is 298 g/mol. The maximum absolute atomic E-state index is 11.6. The third kappa shape index (κ3) is 3.67. The lowest BCUT2D eigenvalue weighted by molar-refractivity contribution is -0.145. The molecule has 0 spiro atoms. The topological polar surface area (TPSA) is 46.5 Å². The van der Waals surface area contributed by atoms with E-state index in [9.17, 15) is 9.90 Å². The highest BCUT2D eigenvalue weighted by Crippen LogP contribution is 2.22. The van der Waals surface area contributed by atoms with Crippen LogP contribution in [0, 0.1) is 27.7 Å². The third-order valence-electron chi connectivity index (χ3n) is 3.87. The SMILES string of the molecule is Cc1cc(C)c(C[C@@H](Oc2ccccc2C)C(=O)O)c(C)c1. The van der Waals surface area contributed by atoms with Crippen molar-refractivity contribution in [1.82, 2.24) is 0 Å². The molecule has 0 amide bonds. The van der Waals surface area contributed by atoms with Gasteiger partial charge in [0.25, 0.3) is 0 Å². The number of carboxylic acids is 1. The zero-order valence-electron chi connectivity index (χ0n) is 13.5. The highest BCUT2D eigenvalue weighted by molar-refractivity contribution is 5.73. The molecule has 0 unspecified atom stereocenters. The Kier molecular flexibility index (Phi) is 4.86. The Morgan fingerprint density at radius 2 is 1.64 bits per heavy atom. The summed E-state index contributed by atoms with van der Waals surface area (Å²) in [5.41, 5.74) is 5.39. The molecule has 0 saturated carbocycles. The van der Waals surface area contributed by atoms with Crippen LogP contribution in [-0.4, -0.2) is 17.2 Å². The summed E-state index contributed by atoms with van der Waals surface area (Å²) in [6.45, 7) is 7.99. The first-order chi connectivity index (χ1) is 10.4. The van der Waals surface area contributed by atoms with E-state index >= 15 is 0 Å². The monoisotopic (exact) mass is 298 g/mol. The molecule has 0 fully saturated rings. The van der Waals surface area contributed by atoms with Gasteiger partial charge in [-0.25, -0.2) is 4.79 Å². The fourth-order valence-electron chi connectivity index (χ4n) is 2.74. The van der Waals surface area contributed by atoms with Crippen LogP contribution in [0.2, 0.25) is 0 Å². The highest BCUT2D eigenvalue weighted by atomic mass is 16.5. The molecule has 0 aromatic heterocycles. The first-order valence-corrected chi connectivity index (χ1v) is 7.40. The predicted molar refractivity (Wildman–Crippen MR) is 87.6 cm³/mol. The van der Waals surface area contributed by atoms with Gasteiger partial charge in [0.05, 0.1) is 0 Å². The van der Waals surface area contributed by atoms with Crippen LogP contribution in [-0.2, 0) is 11.2 Å². The summed E-state index contributed by atoms with van der Waals surface area (Å²) >= 11 is 0. The fourth-order valence-corrected chi connectivity index (χ4v) is 2.74. The Morgan fingerprint density at radius 3 is 2.18 bits per heavy atom. The zero-order valence-corrected chi connectivity index (χ0v) is 13.5. The molecule has 0 saturated heterocycles. The molecular formula is C19H22O3. The van der Waals surface area contributed by atoms with Crippen LogP contribution in [0.5, 0.6) is 5.75 Å². The molecule has 0 bridgehead atoms. The smallest absolute Gasteiger partial charge is 0.345 e. The Bertz CT molecular complexity index is 666. The average Bonchev–Trinajstić information content (AvgIpc) is 2.43. The van der Waals surface area contributed by atoms with Crippen LogP contribution in [0.25, 0.3) is 0 Å². The van der Waals surface area contributed by atoms with Gasteiger partial charge < -0.3 is 9.84 Å². The van der Waals surface area contributed by atoms with Crippen molar-refractivity contribution in [1.29, 1.82) is 0 Å². The minimum Gasteiger partial charge on any atom is -0.478 e. The number of para-hydroxylation sites is 1. The second kappa shape index (κ2) is 6.65. The third-order valence-corrected chi connectivity index (χ3v) is 3.87. The summed E-state index contributed by atoms with van der Waals surface area (Å²) in [7, 11) is 0.